The molecule has 2 rings (SSSR count). The average Bonchev–Trinajstić information content (AvgIpc) is 2.20. The highest BCUT2D eigenvalue weighted by molar-refractivity contribution is 7.80. The van der Waals surface area contributed by atoms with Gasteiger partial charge in [0, 0.05) is 11.1 Å². The number of rotatable bonds is 0. The van der Waals surface area contributed by atoms with Crippen molar-refractivity contribution in [2.75, 3.05) is 0 Å². The van der Waals surface area contributed by atoms with Gasteiger partial charge in [0.15, 0.2) is 0 Å². The van der Waals surface area contributed by atoms with Gasteiger partial charge in [0.1, 0.15) is 0 Å². The van der Waals surface area contributed by atoms with Gasteiger partial charge < -0.3 is 0 Å². The Kier molecular flexibility index (Phi) is 3.89. The quantitative estimate of drug-likeness (QED) is 0.669. The molecule has 74 valence electrons. The number of aryl methyl sites for hydroxylation is 1. The Hall–Kier alpha value is -1.09. The van der Waals surface area contributed by atoms with E-state index in [0.717, 1.165) is 21.6 Å². The predicted octanol–water partition coefficient (Wildman–Crippen LogP) is 3.25. The first kappa shape index (κ1) is 11.0. The molecule has 0 fully saturated rings. The highest BCUT2D eigenvalue weighted by atomic mass is 32.1. The number of nitrogens with zero attached hydrogens (tertiary/aromatic N) is 2. The van der Waals surface area contributed by atoms with Crippen molar-refractivity contribution in [1.82, 2.24) is 9.97 Å². The summed E-state index contributed by atoms with van der Waals surface area (Å²) in [6.45, 7) is 5.93. The summed E-state index contributed by atoms with van der Waals surface area (Å²) >= 11 is 4.23. The Balaban J connectivity index is 0.000000461. The summed E-state index contributed by atoms with van der Waals surface area (Å²) < 4.78 is 0. The fraction of sp³-hybridized carbons (Fsp3) is 0.273. The number of benzene rings is 1. The van der Waals surface area contributed by atoms with Crippen molar-refractivity contribution in [3.8, 4) is 0 Å². The topological polar surface area (TPSA) is 25.8 Å². The van der Waals surface area contributed by atoms with E-state index in [0.29, 0.717) is 0 Å². The average molecular weight is 206 g/mol. The maximum Gasteiger partial charge on any atom is 0.0901 e. The van der Waals surface area contributed by atoms with Gasteiger partial charge in [0.25, 0.3) is 0 Å². The van der Waals surface area contributed by atoms with Crippen molar-refractivity contribution < 1.29 is 0 Å². The zero-order valence-corrected chi connectivity index (χ0v) is 9.55. The van der Waals surface area contributed by atoms with Crippen LogP contribution in [-0.4, -0.2) is 9.97 Å². The lowest BCUT2D eigenvalue weighted by Crippen LogP contribution is -1.86. The van der Waals surface area contributed by atoms with Gasteiger partial charge in [-0.3, -0.25) is 4.98 Å². The minimum Gasteiger partial charge on any atom is -0.253 e. The summed E-state index contributed by atoms with van der Waals surface area (Å²) in [7, 11) is 0. The standard InChI is InChI=1S/C9H8N2S.C2H6/c1-6-5-10-8-3-2-7(12)4-9(8)11-6;1-2/h2-5,12H,1H3;1-2H3. The highest BCUT2D eigenvalue weighted by Crippen LogP contribution is 2.14. The van der Waals surface area contributed by atoms with Gasteiger partial charge in [-0.15, -0.1) is 12.6 Å². The van der Waals surface area contributed by atoms with Crippen molar-refractivity contribution in [3.63, 3.8) is 0 Å². The van der Waals surface area contributed by atoms with Gasteiger partial charge in [-0.2, -0.15) is 0 Å². The predicted molar refractivity (Wildman–Crippen MR) is 62.9 cm³/mol. The summed E-state index contributed by atoms with van der Waals surface area (Å²) in [4.78, 5) is 9.47. The minimum absolute atomic E-state index is 0.905. The molecular weight excluding hydrogens is 192 g/mol. The number of hydrogen-bond donors (Lipinski definition) is 1. The second-order valence-corrected chi connectivity index (χ2v) is 3.20. The largest absolute Gasteiger partial charge is 0.253 e. The van der Waals surface area contributed by atoms with Crippen molar-refractivity contribution in [2.45, 2.75) is 25.7 Å². The van der Waals surface area contributed by atoms with Crippen LogP contribution < -0.4 is 0 Å². The van der Waals surface area contributed by atoms with E-state index in [9.17, 15) is 0 Å². The molecule has 0 aliphatic heterocycles. The summed E-state index contributed by atoms with van der Waals surface area (Å²) in [5, 5.41) is 0. The van der Waals surface area contributed by atoms with Gasteiger partial charge in [-0.1, -0.05) is 13.8 Å². The van der Waals surface area contributed by atoms with Crippen LogP contribution in [0.5, 0.6) is 0 Å². The zero-order valence-electron chi connectivity index (χ0n) is 8.65. The first-order valence-electron chi connectivity index (χ1n) is 4.68. The second-order valence-electron chi connectivity index (χ2n) is 2.68. The summed E-state index contributed by atoms with van der Waals surface area (Å²) in [6, 6.07) is 5.75. The summed E-state index contributed by atoms with van der Waals surface area (Å²) in [6.07, 6.45) is 1.76. The third-order valence-electron chi connectivity index (χ3n) is 1.65. The van der Waals surface area contributed by atoms with E-state index >= 15 is 0 Å². The van der Waals surface area contributed by atoms with E-state index in [1.54, 1.807) is 6.20 Å². The number of hydrogen-bond acceptors (Lipinski definition) is 3. The van der Waals surface area contributed by atoms with Crippen LogP contribution in [0, 0.1) is 6.92 Å². The molecule has 0 saturated heterocycles. The molecule has 0 bridgehead atoms. The normalized spacial score (nSPS) is 9.43. The van der Waals surface area contributed by atoms with Crippen LogP contribution in [0.1, 0.15) is 19.5 Å². The first-order valence-corrected chi connectivity index (χ1v) is 5.13. The molecule has 0 spiro atoms. The zero-order chi connectivity index (χ0) is 10.6. The number of aromatic nitrogens is 2. The molecular formula is C11H14N2S. The van der Waals surface area contributed by atoms with E-state index in [4.69, 9.17) is 0 Å². The molecule has 0 radical (unpaired) electrons. The van der Waals surface area contributed by atoms with Crippen molar-refractivity contribution in [2.24, 2.45) is 0 Å². The molecule has 0 N–H and O–H groups in total. The molecule has 2 nitrogen and oxygen atoms in total. The Bertz CT molecular complexity index is 390. The third-order valence-corrected chi connectivity index (χ3v) is 1.92. The molecule has 1 heterocycles. The molecule has 1 aromatic carbocycles. The molecule has 1 aromatic heterocycles. The maximum absolute atomic E-state index is 4.33. The molecule has 2 aromatic rings. The van der Waals surface area contributed by atoms with Crippen LogP contribution in [-0.2, 0) is 0 Å². The maximum atomic E-state index is 4.33. The fourth-order valence-corrected chi connectivity index (χ4v) is 1.29. The van der Waals surface area contributed by atoms with E-state index in [-0.39, 0.29) is 0 Å². The van der Waals surface area contributed by atoms with E-state index < -0.39 is 0 Å². The van der Waals surface area contributed by atoms with E-state index in [2.05, 4.69) is 22.6 Å². The van der Waals surface area contributed by atoms with Crippen LogP contribution in [0.15, 0.2) is 29.3 Å². The monoisotopic (exact) mass is 206 g/mol. The molecule has 0 atom stereocenters. The summed E-state index contributed by atoms with van der Waals surface area (Å²) in [5.74, 6) is 0. The fourth-order valence-electron chi connectivity index (χ4n) is 1.09. The van der Waals surface area contributed by atoms with E-state index in [1.165, 1.54) is 0 Å². The first-order chi connectivity index (χ1) is 6.75. The van der Waals surface area contributed by atoms with Gasteiger partial charge in [-0.05, 0) is 25.1 Å². The van der Waals surface area contributed by atoms with Crippen LogP contribution in [0.4, 0.5) is 0 Å². The SMILES string of the molecule is CC.Cc1cnc2ccc(S)cc2n1. The van der Waals surface area contributed by atoms with Crippen molar-refractivity contribution in [3.05, 3.63) is 30.1 Å². The number of fused-ring (bicyclic) bond motifs is 1. The second kappa shape index (κ2) is 4.96. The smallest absolute Gasteiger partial charge is 0.0901 e. The number of thiol groups is 1. The van der Waals surface area contributed by atoms with Crippen LogP contribution in [0.25, 0.3) is 11.0 Å². The molecule has 3 heteroatoms. The van der Waals surface area contributed by atoms with E-state index in [1.807, 2.05) is 39.0 Å². The van der Waals surface area contributed by atoms with Gasteiger partial charge in [0.05, 0.1) is 16.7 Å². The molecule has 0 aliphatic carbocycles. The molecule has 0 saturated carbocycles. The Morgan fingerprint density at radius 2 is 1.86 bits per heavy atom. The summed E-state index contributed by atoms with van der Waals surface area (Å²) in [5.41, 5.74) is 2.75. The van der Waals surface area contributed by atoms with Crippen LogP contribution in [0.3, 0.4) is 0 Å². The van der Waals surface area contributed by atoms with Crippen molar-refractivity contribution in [1.29, 1.82) is 0 Å². The highest BCUT2D eigenvalue weighted by Gasteiger charge is 1.95. The molecule has 0 aliphatic rings. The van der Waals surface area contributed by atoms with Gasteiger partial charge >= 0.3 is 0 Å². The van der Waals surface area contributed by atoms with Crippen LogP contribution >= 0.6 is 12.6 Å². The lowest BCUT2D eigenvalue weighted by Gasteiger charge is -1.97. The molecule has 0 amide bonds. The lowest BCUT2D eigenvalue weighted by atomic mass is 10.3. The lowest BCUT2D eigenvalue weighted by molar-refractivity contribution is 1.18. The Morgan fingerprint density at radius 3 is 2.57 bits per heavy atom. The Morgan fingerprint density at radius 1 is 1.14 bits per heavy atom. The minimum atomic E-state index is 0.905. The van der Waals surface area contributed by atoms with Crippen molar-refractivity contribution >= 4 is 23.7 Å². The third kappa shape index (κ3) is 2.45. The van der Waals surface area contributed by atoms with Gasteiger partial charge in [0.2, 0.25) is 0 Å². The Labute approximate surface area is 89.8 Å². The van der Waals surface area contributed by atoms with Crippen LogP contribution in [0.2, 0.25) is 0 Å². The van der Waals surface area contributed by atoms with Gasteiger partial charge in [-0.25, -0.2) is 4.98 Å². The molecule has 14 heavy (non-hydrogen) atoms. The molecule has 0 unspecified atom stereocenters.